The number of para-hydroxylation sites is 1. The number of hydrogen-bond acceptors (Lipinski definition) is 2. The molecule has 0 radical (unpaired) electrons. The van der Waals surface area contributed by atoms with E-state index in [0.717, 1.165) is 5.75 Å². The largest absolute Gasteiger partial charge is 0.298 e. The van der Waals surface area contributed by atoms with E-state index >= 15 is 0 Å². The highest BCUT2D eigenvalue weighted by atomic mass is 32.2. The van der Waals surface area contributed by atoms with E-state index in [4.69, 9.17) is 0 Å². The van der Waals surface area contributed by atoms with Crippen LogP contribution in [0.5, 0.6) is 0 Å². The number of thioether (sulfide) groups is 1. The van der Waals surface area contributed by atoms with Gasteiger partial charge in [0.1, 0.15) is 11.7 Å². The number of hydrogen-bond donors (Lipinski definition) is 0. The van der Waals surface area contributed by atoms with Crippen LogP contribution in [0.4, 0.5) is 0 Å². The summed E-state index contributed by atoms with van der Waals surface area (Å²) in [6, 6.07) is 8.54. The van der Waals surface area contributed by atoms with Gasteiger partial charge in [0.05, 0.1) is 0 Å². The van der Waals surface area contributed by atoms with Crippen LogP contribution in [0.3, 0.4) is 0 Å². The molecular formula is C10H12NS2+. The molecule has 2 rings (SSSR count). The predicted octanol–water partition coefficient (Wildman–Crippen LogP) is 2.84. The van der Waals surface area contributed by atoms with Gasteiger partial charge in [0.25, 0.3) is 4.34 Å². The van der Waals surface area contributed by atoms with Gasteiger partial charge in [0.15, 0.2) is 0 Å². The van der Waals surface area contributed by atoms with Crippen LogP contribution in [0.1, 0.15) is 6.92 Å². The predicted molar refractivity (Wildman–Crippen MR) is 59.4 cm³/mol. The van der Waals surface area contributed by atoms with Gasteiger partial charge in [-0.1, -0.05) is 30.4 Å². The highest BCUT2D eigenvalue weighted by Gasteiger charge is 2.15. The molecule has 0 unspecified atom stereocenters. The molecular weight excluding hydrogens is 198 g/mol. The summed E-state index contributed by atoms with van der Waals surface area (Å²) in [4.78, 5) is 0. The van der Waals surface area contributed by atoms with Crippen LogP contribution < -0.4 is 4.57 Å². The van der Waals surface area contributed by atoms with Gasteiger partial charge in [-0.3, -0.25) is 0 Å². The third-order valence-electron chi connectivity index (χ3n) is 1.97. The van der Waals surface area contributed by atoms with Crippen molar-refractivity contribution in [3.8, 4) is 0 Å². The van der Waals surface area contributed by atoms with Crippen molar-refractivity contribution in [1.82, 2.24) is 0 Å². The first kappa shape index (κ1) is 9.03. The van der Waals surface area contributed by atoms with E-state index < -0.39 is 0 Å². The lowest BCUT2D eigenvalue weighted by Crippen LogP contribution is -2.28. The maximum absolute atomic E-state index is 2.27. The maximum atomic E-state index is 2.27. The van der Waals surface area contributed by atoms with Gasteiger partial charge >= 0.3 is 0 Å². The number of aromatic nitrogens is 1. The average Bonchev–Trinajstić information content (AvgIpc) is 2.46. The highest BCUT2D eigenvalue weighted by molar-refractivity contribution is 8.00. The standard InChI is InChI=1S/C10H12NS2/c1-3-12-10-11(2)8-6-4-5-7-9(8)13-10/h4-7H,3H2,1-2H3/q+1. The van der Waals surface area contributed by atoms with Crippen LogP contribution >= 0.6 is 23.1 Å². The van der Waals surface area contributed by atoms with Crippen molar-refractivity contribution in [1.29, 1.82) is 0 Å². The van der Waals surface area contributed by atoms with Crippen molar-refractivity contribution in [3.63, 3.8) is 0 Å². The second-order valence-electron chi connectivity index (χ2n) is 2.83. The third kappa shape index (κ3) is 1.58. The molecule has 1 aromatic heterocycles. The molecule has 0 bridgehead atoms. The molecule has 1 aromatic carbocycles. The van der Waals surface area contributed by atoms with Gasteiger partial charge in [0, 0.05) is 11.8 Å². The Balaban J connectivity index is 2.60. The van der Waals surface area contributed by atoms with Crippen molar-refractivity contribution < 1.29 is 4.57 Å². The lowest BCUT2D eigenvalue weighted by Gasteiger charge is -1.87. The summed E-state index contributed by atoms with van der Waals surface area (Å²) in [5.74, 6) is 1.14. The van der Waals surface area contributed by atoms with Crippen LogP contribution in [0.2, 0.25) is 0 Å². The number of fused-ring (bicyclic) bond motifs is 1. The lowest BCUT2D eigenvalue weighted by atomic mass is 10.3. The normalized spacial score (nSPS) is 10.9. The van der Waals surface area contributed by atoms with Crippen LogP contribution in [-0.4, -0.2) is 5.75 Å². The summed E-state index contributed by atoms with van der Waals surface area (Å²) in [7, 11) is 2.14. The Kier molecular flexibility index (Phi) is 2.56. The monoisotopic (exact) mass is 210 g/mol. The zero-order valence-electron chi connectivity index (χ0n) is 7.78. The fourth-order valence-corrected chi connectivity index (χ4v) is 3.61. The molecule has 13 heavy (non-hydrogen) atoms. The molecule has 1 nitrogen and oxygen atoms in total. The Morgan fingerprint density at radius 2 is 2.15 bits per heavy atom. The zero-order chi connectivity index (χ0) is 9.26. The summed E-state index contributed by atoms with van der Waals surface area (Å²) in [5.41, 5.74) is 1.34. The van der Waals surface area contributed by atoms with Crippen LogP contribution in [0.25, 0.3) is 10.2 Å². The molecule has 0 aliphatic rings. The van der Waals surface area contributed by atoms with Crippen molar-refractivity contribution in [2.24, 2.45) is 7.05 Å². The van der Waals surface area contributed by atoms with Gasteiger partial charge in [-0.15, -0.1) is 0 Å². The fraction of sp³-hybridized carbons (Fsp3) is 0.300. The smallest absolute Gasteiger partial charge is 0.179 e. The fourth-order valence-electron chi connectivity index (χ4n) is 1.33. The summed E-state index contributed by atoms with van der Waals surface area (Å²) in [6.07, 6.45) is 0. The molecule has 2 aromatic rings. The second-order valence-corrected chi connectivity index (χ2v) is 5.37. The van der Waals surface area contributed by atoms with E-state index in [9.17, 15) is 0 Å². The molecule has 0 aliphatic heterocycles. The number of thiazole rings is 1. The number of aryl methyl sites for hydroxylation is 1. The van der Waals surface area contributed by atoms with E-state index in [0.29, 0.717) is 0 Å². The van der Waals surface area contributed by atoms with E-state index in [1.165, 1.54) is 14.6 Å². The third-order valence-corrected chi connectivity index (χ3v) is 4.39. The Bertz CT molecular complexity index is 420. The Hall–Kier alpha value is -0.540. The molecule has 0 fully saturated rings. The quantitative estimate of drug-likeness (QED) is 0.544. The molecule has 0 aliphatic carbocycles. The van der Waals surface area contributed by atoms with Crippen molar-refractivity contribution >= 4 is 33.3 Å². The zero-order valence-corrected chi connectivity index (χ0v) is 9.41. The van der Waals surface area contributed by atoms with Crippen LogP contribution in [0.15, 0.2) is 28.6 Å². The maximum Gasteiger partial charge on any atom is 0.298 e. The van der Waals surface area contributed by atoms with Gasteiger partial charge < -0.3 is 0 Å². The summed E-state index contributed by atoms with van der Waals surface area (Å²) in [5, 5.41) is 0. The molecule has 0 saturated heterocycles. The van der Waals surface area contributed by atoms with Gasteiger partial charge in [0.2, 0.25) is 5.52 Å². The molecule has 1 heterocycles. The number of rotatable bonds is 2. The van der Waals surface area contributed by atoms with Crippen molar-refractivity contribution in [2.45, 2.75) is 11.3 Å². The van der Waals surface area contributed by atoms with Crippen LogP contribution in [0, 0.1) is 0 Å². The average molecular weight is 210 g/mol. The Morgan fingerprint density at radius 1 is 1.38 bits per heavy atom. The Morgan fingerprint density at radius 3 is 2.85 bits per heavy atom. The molecule has 0 N–H and O–H groups in total. The topological polar surface area (TPSA) is 3.88 Å². The highest BCUT2D eigenvalue weighted by Crippen LogP contribution is 2.26. The van der Waals surface area contributed by atoms with E-state index in [-0.39, 0.29) is 0 Å². The minimum Gasteiger partial charge on any atom is -0.179 e. The first-order chi connectivity index (χ1) is 6.33. The molecule has 0 spiro atoms. The van der Waals surface area contributed by atoms with Gasteiger partial charge in [-0.05, 0) is 17.8 Å². The summed E-state index contributed by atoms with van der Waals surface area (Å²) in [6.45, 7) is 2.19. The molecule has 0 saturated carbocycles. The van der Waals surface area contributed by atoms with Gasteiger partial charge in [-0.2, -0.15) is 4.57 Å². The number of nitrogens with zero attached hydrogens (tertiary/aromatic N) is 1. The summed E-state index contributed by atoms with van der Waals surface area (Å²) >= 11 is 3.78. The molecule has 3 heteroatoms. The van der Waals surface area contributed by atoms with Crippen molar-refractivity contribution in [3.05, 3.63) is 24.3 Å². The molecule has 0 atom stereocenters. The van der Waals surface area contributed by atoms with Crippen LogP contribution in [-0.2, 0) is 7.05 Å². The lowest BCUT2D eigenvalue weighted by molar-refractivity contribution is -0.676. The SMILES string of the molecule is CCSc1sc2ccccc2[n+]1C. The van der Waals surface area contributed by atoms with E-state index in [1.54, 1.807) is 0 Å². The first-order valence-electron chi connectivity index (χ1n) is 4.33. The first-order valence-corrected chi connectivity index (χ1v) is 6.13. The van der Waals surface area contributed by atoms with E-state index in [1.807, 2.05) is 23.1 Å². The van der Waals surface area contributed by atoms with Gasteiger partial charge in [-0.25, -0.2) is 0 Å². The summed E-state index contributed by atoms with van der Waals surface area (Å²) < 4.78 is 5.04. The van der Waals surface area contributed by atoms with E-state index in [2.05, 4.69) is 42.8 Å². The molecule has 0 amide bonds. The number of benzene rings is 1. The minimum atomic E-state index is 1.14. The second kappa shape index (κ2) is 3.68. The minimum absolute atomic E-state index is 1.14. The van der Waals surface area contributed by atoms with Crippen molar-refractivity contribution in [2.75, 3.05) is 5.75 Å². The Labute approximate surface area is 86.4 Å². The molecule has 68 valence electrons.